The second-order valence-corrected chi connectivity index (χ2v) is 35.0. The number of ether oxygens (including phenoxy) is 2. The maximum absolute atomic E-state index is 12.6. The van der Waals surface area contributed by atoms with Gasteiger partial charge in [0.15, 0.2) is 11.6 Å². The number of aromatic nitrogens is 20. The molecule has 6 amide bonds. The first-order valence-corrected chi connectivity index (χ1v) is 45.9. The summed E-state index contributed by atoms with van der Waals surface area (Å²) in [5.74, 6) is -1.06. The molecule has 4 aliphatic rings. The molecule has 0 saturated heterocycles. The van der Waals surface area contributed by atoms with E-state index in [4.69, 9.17) is 43.9 Å². The largest absolute Gasteiger partial charge is 0.444 e. The number of hydrogen-bond donors (Lipinski definition) is 18. The summed E-state index contributed by atoms with van der Waals surface area (Å²) >= 11 is 0. The lowest BCUT2D eigenvalue weighted by atomic mass is 9.88. The number of carbonyl (C=O) groups excluding carboxylic acids is 8. The molecule has 4 aliphatic carbocycles. The number of benzene rings is 4. The summed E-state index contributed by atoms with van der Waals surface area (Å²) in [6.07, 6.45) is 23.1. The Morgan fingerprint density at radius 3 is 1.03 bits per heavy atom. The molecule has 10 atom stereocenters. The Morgan fingerprint density at radius 1 is 0.397 bits per heavy atom. The highest BCUT2D eigenvalue weighted by Crippen LogP contribution is 2.32. The van der Waals surface area contributed by atoms with Gasteiger partial charge in [0.25, 0.3) is 23.6 Å². The lowest BCUT2D eigenvalue weighted by Gasteiger charge is -2.36. The topological polar surface area (TPSA) is 701 Å². The van der Waals surface area contributed by atoms with Crippen molar-refractivity contribution in [3.8, 4) is 22.7 Å². The van der Waals surface area contributed by atoms with Crippen LogP contribution in [-0.2, 0) is 19.1 Å². The number of aliphatic hydroxyl groups is 2. The van der Waals surface area contributed by atoms with Gasteiger partial charge in [0.2, 0.25) is 23.8 Å². The number of rotatable bonds is 29. The summed E-state index contributed by atoms with van der Waals surface area (Å²) in [6, 6.07) is 25.2. The molecule has 0 spiro atoms. The van der Waals surface area contributed by atoms with E-state index in [9.17, 15) is 48.6 Å². The van der Waals surface area contributed by atoms with Gasteiger partial charge in [-0.3, -0.25) is 28.8 Å². The fourth-order valence-corrected chi connectivity index (χ4v) is 15.4. The maximum Gasteiger partial charge on any atom is 0.408 e. The molecular weight excluding hydrogens is 1820 g/mol. The fourth-order valence-electron chi connectivity index (χ4n) is 15.4. The zero-order valence-corrected chi connectivity index (χ0v) is 79.4. The first kappa shape index (κ1) is 104. The highest BCUT2D eigenvalue weighted by molar-refractivity contribution is 6.00. The predicted molar refractivity (Wildman–Crippen MR) is 524 cm³/mol. The Labute approximate surface area is 810 Å². The first-order valence-electron chi connectivity index (χ1n) is 45.9. The molecular formula is C92H119N37O12. The van der Waals surface area contributed by atoms with Gasteiger partial charge in [0, 0.05) is 66.4 Å². The van der Waals surface area contributed by atoms with Crippen molar-refractivity contribution in [3.63, 3.8) is 0 Å². The van der Waals surface area contributed by atoms with Crippen molar-refractivity contribution in [3.05, 3.63) is 194 Å². The number of Topliss-reactive ketones (excluding diaryl/α,β-unsaturated/α-hetero) is 2. The molecule has 744 valence electrons. The third-order valence-corrected chi connectivity index (χ3v) is 22.4. The summed E-state index contributed by atoms with van der Waals surface area (Å²) in [5, 5.41) is 83.9. The lowest BCUT2D eigenvalue weighted by Crippen LogP contribution is -2.56. The summed E-state index contributed by atoms with van der Waals surface area (Å²) in [6.45, 7) is 20.7. The maximum atomic E-state index is 12.6. The highest BCUT2D eigenvalue weighted by atomic mass is 16.6. The van der Waals surface area contributed by atoms with Gasteiger partial charge in [-0.15, -0.1) is 0 Å². The second kappa shape index (κ2) is 48.6. The van der Waals surface area contributed by atoms with Gasteiger partial charge >= 0.3 is 12.2 Å². The average molecular weight is 1940 g/mol. The van der Waals surface area contributed by atoms with E-state index in [2.05, 4.69) is 160 Å². The third kappa shape index (κ3) is 29.9. The van der Waals surface area contributed by atoms with Crippen molar-refractivity contribution < 1.29 is 58.0 Å². The van der Waals surface area contributed by atoms with Crippen LogP contribution in [0.25, 0.3) is 22.7 Å². The number of hydrogen-bond acceptors (Lipinski definition) is 39. The smallest absolute Gasteiger partial charge is 0.408 e. The number of ketones is 2. The SMILES string of the molecule is CC(C)(C)OC(=O)N[C@H]1C(=O)CCC[C@H]1Nc1ncc(C(N)=O)c(Nc2cccc(-n3nccn3)c2)n1.CC(C)(C)OC(=O)N[C@H]1[C@@H](O)CCC[C@H]1Nc1ncc(C(N)=O)c(Nc2cccc(-n3nccn3)c2)n1.CCN(CC)CC.NC(=O)c1cnc(N[C@@H]2CCCC(=O)[C@@H]2N)nc1Nc1cccc(-n2nccn2)c1.NC(=O)c1cnc(N[C@@H]2CCC[C@H](O)[C@@H]2N)nc1Nc1cccc(-n2nccn2)c1. The molecule has 16 rings (SSSR count). The van der Waals surface area contributed by atoms with Crippen LogP contribution in [0.4, 0.5) is 79.4 Å². The minimum Gasteiger partial charge on any atom is -0.444 e. The summed E-state index contributed by atoms with van der Waals surface area (Å²) < 4.78 is 10.7. The molecule has 0 aliphatic heterocycles. The van der Waals surface area contributed by atoms with Gasteiger partial charge in [-0.1, -0.05) is 45.0 Å². The molecule has 141 heavy (non-hydrogen) atoms. The van der Waals surface area contributed by atoms with E-state index < -0.39 is 89.4 Å². The van der Waals surface area contributed by atoms with Gasteiger partial charge in [-0.25, -0.2) is 29.5 Å². The van der Waals surface area contributed by atoms with Crippen LogP contribution in [0.5, 0.6) is 0 Å². The zero-order valence-electron chi connectivity index (χ0n) is 79.4. The Bertz CT molecular complexity index is 6190. The van der Waals surface area contributed by atoms with Crippen LogP contribution in [0.15, 0.2) is 171 Å². The number of carbonyl (C=O) groups is 8. The fraction of sp³-hybridized carbons (Fsp3) is 0.391. The van der Waals surface area contributed by atoms with Crippen LogP contribution in [-0.4, -0.2) is 254 Å². The van der Waals surface area contributed by atoms with E-state index in [-0.39, 0.29) is 93.1 Å². The number of anilines is 12. The van der Waals surface area contributed by atoms with Crippen molar-refractivity contribution in [2.45, 2.75) is 211 Å². The van der Waals surface area contributed by atoms with Gasteiger partial charge in [-0.2, -0.15) is 79.9 Å². The molecule has 4 fully saturated rings. The minimum atomic E-state index is -0.822. The van der Waals surface area contributed by atoms with Crippen molar-refractivity contribution in [1.29, 1.82) is 0 Å². The summed E-state index contributed by atoms with van der Waals surface area (Å²) in [7, 11) is 0. The number of aliphatic hydroxyl groups excluding tert-OH is 2. The van der Waals surface area contributed by atoms with Crippen LogP contribution in [0, 0.1) is 0 Å². The normalized spacial score (nSPS) is 18.8. The minimum absolute atomic E-state index is 0.00917. The quantitative estimate of drug-likeness (QED) is 0.0222. The zero-order chi connectivity index (χ0) is 101. The van der Waals surface area contributed by atoms with Crippen molar-refractivity contribution in [2.75, 3.05) is 62.2 Å². The van der Waals surface area contributed by atoms with Crippen LogP contribution < -0.4 is 87.6 Å². The Morgan fingerprint density at radius 2 is 0.695 bits per heavy atom. The number of alkyl carbamates (subject to hydrolysis) is 2. The van der Waals surface area contributed by atoms with E-state index in [1.165, 1.54) is 63.6 Å². The average Bonchev–Trinajstić information content (AvgIpc) is 1.28. The molecule has 24 N–H and O–H groups in total. The molecule has 49 nitrogen and oxygen atoms in total. The number of nitrogens with zero attached hydrogens (tertiary/aromatic N) is 21. The van der Waals surface area contributed by atoms with Crippen LogP contribution in [0.1, 0.15) is 181 Å². The summed E-state index contributed by atoms with van der Waals surface area (Å²) in [5.41, 5.74) is 38.7. The van der Waals surface area contributed by atoms with Gasteiger partial charge in [-0.05, 0) is 198 Å². The standard InChI is InChI=1S/C24H31N9O4.C24H29N9O4.C19H23N9O2.C19H21N9O2.C6H15N/c2*1-24(2,3)37-23(36)31-19-17(8-5-9-18(19)34)30-22-26-13-16(20(25)35)21(32-22)29-14-6-4-7-15(12-14)33-27-10-11-28-33;2*20-16-14(5-2-6-15(16)29)26-19-22-10-13(17(21)30)18(27-19)25-11-3-1-4-12(9-11)28-23-7-8-24-28;1-4-7(5-2)6-3/h4,6-7,10-13,17-19,34H,5,8-9H2,1-3H3,(H2,25,35)(H,31,36)(H2,26,29,30,32);4,6-7,10-13,17,19H,5,8-9H2,1-3H3,(H2,25,35)(H,31,36)(H2,26,29,30,32);1,3-4,7-10,14-16,29H,2,5-6,20H2,(H2,21,30)(H2,22,25,26,27);1,3-4,7-10,14,16H,2,5-6,20H2,(H2,21,30)(H2,22,25,26,27);4-6H2,1-3H3/t17-,18+,19-;17-,19-;14-,15+,16-;14-,16-;/m1111./s1. The molecule has 0 unspecified atom stereocenters. The molecule has 0 radical (unpaired) electrons. The second-order valence-electron chi connectivity index (χ2n) is 35.0. The van der Waals surface area contributed by atoms with Gasteiger partial charge in [0.1, 0.15) is 62.8 Å². The van der Waals surface area contributed by atoms with Crippen molar-refractivity contribution in [2.24, 2.45) is 34.4 Å². The monoisotopic (exact) mass is 1930 g/mol. The molecule has 0 bridgehead atoms. The van der Waals surface area contributed by atoms with Gasteiger partial charge < -0.3 is 112 Å². The number of nitrogens with two attached hydrogens (primary N) is 6. The number of primary amides is 4. The van der Waals surface area contributed by atoms with E-state index in [0.29, 0.717) is 85.0 Å². The van der Waals surface area contributed by atoms with Gasteiger partial charge in [0.05, 0.1) is 121 Å². The number of nitrogens with one attached hydrogen (secondary N) is 10. The van der Waals surface area contributed by atoms with Crippen LogP contribution in [0.3, 0.4) is 0 Å². The first-order chi connectivity index (χ1) is 67.5. The molecule has 8 aromatic heterocycles. The van der Waals surface area contributed by atoms with Crippen molar-refractivity contribution >= 4 is 117 Å². The number of amides is 6. The van der Waals surface area contributed by atoms with Crippen molar-refractivity contribution in [1.82, 2.24) is 115 Å². The van der Waals surface area contributed by atoms with E-state index >= 15 is 0 Å². The third-order valence-electron chi connectivity index (χ3n) is 22.4. The predicted octanol–water partition coefficient (Wildman–Crippen LogP) is 7.11. The summed E-state index contributed by atoms with van der Waals surface area (Å²) in [4.78, 5) is 140. The Kier molecular flexibility index (Phi) is 35.8. The van der Waals surface area contributed by atoms with E-state index in [0.717, 1.165) is 43.5 Å². The van der Waals surface area contributed by atoms with Crippen LogP contribution >= 0.6 is 0 Å². The van der Waals surface area contributed by atoms with E-state index in [1.54, 1.807) is 128 Å². The van der Waals surface area contributed by atoms with E-state index in [1.807, 2.05) is 60.7 Å². The lowest BCUT2D eigenvalue weighted by molar-refractivity contribution is -0.123. The molecule has 4 aromatic carbocycles. The Balaban J connectivity index is 0.000000165. The molecule has 12 aromatic rings. The Hall–Kier alpha value is -16.3. The highest BCUT2D eigenvalue weighted by Gasteiger charge is 2.39. The molecule has 4 saturated carbocycles. The van der Waals surface area contributed by atoms with Crippen LogP contribution in [0.2, 0.25) is 0 Å². The molecule has 49 heteroatoms. The molecule has 8 heterocycles.